The fourth-order valence-electron chi connectivity index (χ4n) is 2.68. The Bertz CT molecular complexity index is 444. The highest BCUT2D eigenvalue weighted by atomic mass is 79.9. The summed E-state index contributed by atoms with van der Waals surface area (Å²) in [5, 5.41) is 9.13. The van der Waals surface area contributed by atoms with E-state index >= 15 is 0 Å². The largest absolute Gasteiger partial charge is 0.312 e. The number of halogens is 1. The summed E-state index contributed by atoms with van der Waals surface area (Å²) in [5.41, 5.74) is 2.45. The van der Waals surface area contributed by atoms with Crippen LogP contribution in [-0.2, 0) is 13.0 Å². The Morgan fingerprint density at radius 1 is 1.43 bits per heavy atom. The van der Waals surface area contributed by atoms with Crippen molar-refractivity contribution in [2.45, 2.75) is 51.4 Å². The lowest BCUT2D eigenvalue weighted by Gasteiger charge is -2.30. The second kappa shape index (κ2) is 8.85. The number of rotatable bonds is 7. The van der Waals surface area contributed by atoms with Gasteiger partial charge in [-0.2, -0.15) is 28.6 Å². The van der Waals surface area contributed by atoms with Crippen molar-refractivity contribution in [2.24, 2.45) is 0 Å². The minimum absolute atomic E-state index is 0.542. The fourth-order valence-corrected chi connectivity index (χ4v) is 6.01. The van der Waals surface area contributed by atoms with Gasteiger partial charge in [0.15, 0.2) is 0 Å². The second-order valence-corrected chi connectivity index (χ2v) is 8.70. The summed E-state index contributed by atoms with van der Waals surface area (Å²) in [6.07, 6.45) is 2.25. The third-order valence-electron chi connectivity index (χ3n) is 3.81. The molecule has 1 aromatic heterocycles. The van der Waals surface area contributed by atoms with Gasteiger partial charge in [-0.3, -0.25) is 4.68 Å². The van der Waals surface area contributed by atoms with Gasteiger partial charge in [-0.15, -0.1) is 0 Å². The summed E-state index contributed by atoms with van der Waals surface area (Å²) in [7, 11) is 0. The Labute approximate surface area is 145 Å². The number of nitrogens with zero attached hydrogens (tertiary/aromatic N) is 2. The van der Waals surface area contributed by atoms with Gasteiger partial charge in [0.1, 0.15) is 0 Å². The van der Waals surface area contributed by atoms with E-state index in [0.29, 0.717) is 11.3 Å². The number of thioether (sulfide) groups is 2. The van der Waals surface area contributed by atoms with Crippen LogP contribution in [0.3, 0.4) is 0 Å². The molecule has 2 heterocycles. The first-order valence-corrected chi connectivity index (χ1v) is 10.8. The summed E-state index contributed by atoms with van der Waals surface area (Å²) >= 11 is 7.98. The van der Waals surface area contributed by atoms with E-state index in [2.05, 4.69) is 75.3 Å². The van der Waals surface area contributed by atoms with Gasteiger partial charge in [-0.1, -0.05) is 6.92 Å². The van der Waals surface area contributed by atoms with Crippen molar-refractivity contribution in [3.05, 3.63) is 15.9 Å². The number of nitrogens with one attached hydrogen (secondary N) is 1. The number of hydrogen-bond donors (Lipinski definition) is 1. The minimum Gasteiger partial charge on any atom is -0.312 e. The highest BCUT2D eigenvalue weighted by Gasteiger charge is 2.26. The molecule has 2 unspecified atom stereocenters. The second-order valence-electron chi connectivity index (χ2n) is 5.41. The van der Waals surface area contributed by atoms with Crippen LogP contribution < -0.4 is 5.32 Å². The summed E-state index contributed by atoms with van der Waals surface area (Å²) in [6, 6.07) is 0.542. The van der Waals surface area contributed by atoms with E-state index < -0.39 is 0 Å². The molecule has 0 spiro atoms. The predicted molar refractivity (Wildman–Crippen MR) is 99.7 cm³/mol. The smallest absolute Gasteiger partial charge is 0.0738 e. The molecule has 2 rings (SSSR count). The van der Waals surface area contributed by atoms with Gasteiger partial charge < -0.3 is 5.32 Å². The number of hydrogen-bond acceptors (Lipinski definition) is 4. The van der Waals surface area contributed by atoms with Crippen molar-refractivity contribution in [3.8, 4) is 0 Å². The highest BCUT2D eigenvalue weighted by Crippen LogP contribution is 2.30. The van der Waals surface area contributed by atoms with Crippen LogP contribution in [0.1, 0.15) is 31.7 Å². The standard InChI is InChI=1S/C15H26BrN3S2/c1-4-6-17-12(14-10-20-7-8-21-14)9-13-15(16)11(3)18-19(13)5-2/h12,14,17H,4-10H2,1-3H3. The molecule has 1 fully saturated rings. The lowest BCUT2D eigenvalue weighted by atomic mass is 10.1. The maximum atomic E-state index is 4.64. The van der Waals surface area contributed by atoms with E-state index in [1.807, 2.05) is 0 Å². The fraction of sp³-hybridized carbons (Fsp3) is 0.800. The van der Waals surface area contributed by atoms with Crippen molar-refractivity contribution in [1.29, 1.82) is 0 Å². The van der Waals surface area contributed by atoms with E-state index in [1.165, 1.54) is 33.8 Å². The van der Waals surface area contributed by atoms with Crippen molar-refractivity contribution in [2.75, 3.05) is 23.8 Å². The summed E-state index contributed by atoms with van der Waals surface area (Å²) in [6.45, 7) is 8.53. The molecule has 120 valence electrons. The summed E-state index contributed by atoms with van der Waals surface area (Å²) in [5.74, 6) is 3.85. The van der Waals surface area contributed by atoms with Crippen LogP contribution in [0.15, 0.2) is 4.47 Å². The Hall–Kier alpha value is 0.350. The van der Waals surface area contributed by atoms with Crippen LogP contribution in [0, 0.1) is 6.92 Å². The Balaban J connectivity index is 2.13. The molecule has 1 N–H and O–H groups in total. The number of aryl methyl sites for hydroxylation is 2. The third-order valence-corrected chi connectivity index (χ3v) is 7.76. The Morgan fingerprint density at radius 3 is 2.86 bits per heavy atom. The van der Waals surface area contributed by atoms with Crippen LogP contribution in [0.2, 0.25) is 0 Å². The first kappa shape index (κ1) is 17.7. The first-order chi connectivity index (χ1) is 10.2. The lowest BCUT2D eigenvalue weighted by molar-refractivity contribution is 0.483. The van der Waals surface area contributed by atoms with Crippen molar-refractivity contribution >= 4 is 39.5 Å². The Morgan fingerprint density at radius 2 is 2.24 bits per heavy atom. The third kappa shape index (κ3) is 4.66. The van der Waals surface area contributed by atoms with Gasteiger partial charge in [0.05, 0.1) is 15.9 Å². The molecule has 0 bridgehead atoms. The highest BCUT2D eigenvalue weighted by molar-refractivity contribution is 9.10. The molecular formula is C15H26BrN3S2. The zero-order valence-corrected chi connectivity index (χ0v) is 16.4. The van der Waals surface area contributed by atoms with Crippen molar-refractivity contribution in [3.63, 3.8) is 0 Å². The quantitative estimate of drug-likeness (QED) is 0.766. The van der Waals surface area contributed by atoms with Gasteiger partial charge in [0, 0.05) is 41.5 Å². The molecule has 1 aliphatic heterocycles. The van der Waals surface area contributed by atoms with E-state index in [4.69, 9.17) is 0 Å². The van der Waals surface area contributed by atoms with Crippen LogP contribution in [0.25, 0.3) is 0 Å². The molecule has 0 aromatic carbocycles. The van der Waals surface area contributed by atoms with Gasteiger partial charge in [0.25, 0.3) is 0 Å². The van der Waals surface area contributed by atoms with Crippen LogP contribution in [0.4, 0.5) is 0 Å². The average Bonchev–Trinajstić information content (AvgIpc) is 2.79. The molecule has 1 saturated heterocycles. The van der Waals surface area contributed by atoms with Crippen LogP contribution in [-0.4, -0.2) is 44.9 Å². The van der Waals surface area contributed by atoms with E-state index in [-0.39, 0.29) is 0 Å². The molecule has 21 heavy (non-hydrogen) atoms. The average molecular weight is 392 g/mol. The summed E-state index contributed by atoms with van der Waals surface area (Å²) < 4.78 is 3.35. The molecule has 0 aliphatic carbocycles. The molecule has 0 amide bonds. The van der Waals surface area contributed by atoms with Crippen LogP contribution in [0.5, 0.6) is 0 Å². The Kier molecular flexibility index (Phi) is 7.46. The van der Waals surface area contributed by atoms with Gasteiger partial charge in [-0.05, 0) is 42.7 Å². The van der Waals surface area contributed by atoms with Gasteiger partial charge in [-0.25, -0.2) is 0 Å². The van der Waals surface area contributed by atoms with E-state index in [1.54, 1.807) is 0 Å². The lowest BCUT2D eigenvalue weighted by Crippen LogP contribution is -2.43. The monoisotopic (exact) mass is 391 g/mol. The molecule has 6 heteroatoms. The van der Waals surface area contributed by atoms with E-state index in [0.717, 1.165) is 25.2 Å². The number of aromatic nitrogens is 2. The molecular weight excluding hydrogens is 366 g/mol. The molecule has 1 aromatic rings. The maximum Gasteiger partial charge on any atom is 0.0738 e. The topological polar surface area (TPSA) is 29.9 Å². The van der Waals surface area contributed by atoms with E-state index in [9.17, 15) is 0 Å². The maximum absolute atomic E-state index is 4.64. The molecule has 0 saturated carbocycles. The molecule has 0 radical (unpaired) electrons. The molecule has 3 nitrogen and oxygen atoms in total. The normalized spacial score (nSPS) is 20.7. The van der Waals surface area contributed by atoms with Gasteiger partial charge in [0.2, 0.25) is 0 Å². The zero-order valence-electron chi connectivity index (χ0n) is 13.2. The van der Waals surface area contributed by atoms with Gasteiger partial charge >= 0.3 is 0 Å². The molecule has 1 aliphatic rings. The first-order valence-electron chi connectivity index (χ1n) is 7.81. The van der Waals surface area contributed by atoms with Crippen molar-refractivity contribution in [1.82, 2.24) is 15.1 Å². The SMILES string of the molecule is CCCNC(Cc1c(Br)c(C)nn1CC)C1CSCCS1. The zero-order chi connectivity index (χ0) is 15.2. The summed E-state index contributed by atoms with van der Waals surface area (Å²) in [4.78, 5) is 0. The van der Waals surface area contributed by atoms with Crippen LogP contribution >= 0.6 is 39.5 Å². The predicted octanol–water partition coefficient (Wildman–Crippen LogP) is 3.73. The van der Waals surface area contributed by atoms with Crippen molar-refractivity contribution < 1.29 is 0 Å². The minimum atomic E-state index is 0.542. The molecule has 2 atom stereocenters.